The molecule has 0 radical (unpaired) electrons. The van der Waals surface area contributed by atoms with Gasteiger partial charge in [-0.05, 0) is 25.1 Å². The van der Waals surface area contributed by atoms with E-state index in [-0.39, 0.29) is 5.91 Å². The lowest BCUT2D eigenvalue weighted by atomic mass is 10.1. The summed E-state index contributed by atoms with van der Waals surface area (Å²) in [6.45, 7) is 2.97. The molecule has 1 heterocycles. The lowest BCUT2D eigenvalue weighted by molar-refractivity contribution is -0.117. The van der Waals surface area contributed by atoms with Crippen LogP contribution in [-0.4, -0.2) is 26.0 Å². The number of nitrogens with zero attached hydrogens (tertiary/aromatic N) is 3. The van der Waals surface area contributed by atoms with Gasteiger partial charge in [0.25, 0.3) is 0 Å². The molecule has 0 N–H and O–H groups in total. The number of fused-ring (bicyclic) bond motifs is 1. The molecule has 0 aromatic heterocycles. The SMILES string of the molecule is CCN1C(=O)CN(C)c2ccc(C#N)cc21. The second kappa shape index (κ2) is 3.86. The van der Waals surface area contributed by atoms with Crippen molar-refractivity contribution in [1.29, 1.82) is 5.26 Å². The van der Waals surface area contributed by atoms with Gasteiger partial charge in [0.1, 0.15) is 0 Å². The first-order valence-electron chi connectivity index (χ1n) is 5.23. The first kappa shape index (κ1) is 10.5. The molecule has 0 bridgehead atoms. The fourth-order valence-corrected chi connectivity index (χ4v) is 1.99. The Morgan fingerprint density at radius 3 is 2.81 bits per heavy atom. The predicted molar refractivity (Wildman–Crippen MR) is 62.5 cm³/mol. The van der Waals surface area contributed by atoms with Crippen LogP contribution in [0.4, 0.5) is 11.4 Å². The highest BCUT2D eigenvalue weighted by Crippen LogP contribution is 2.33. The number of hydrogen-bond acceptors (Lipinski definition) is 3. The van der Waals surface area contributed by atoms with Gasteiger partial charge in [0.2, 0.25) is 5.91 Å². The fourth-order valence-electron chi connectivity index (χ4n) is 1.99. The zero-order valence-corrected chi connectivity index (χ0v) is 9.40. The first-order chi connectivity index (χ1) is 7.67. The predicted octanol–water partition coefficient (Wildman–Crippen LogP) is 1.36. The Hall–Kier alpha value is -2.02. The van der Waals surface area contributed by atoms with Crippen LogP contribution in [0.25, 0.3) is 0 Å². The molecule has 2 rings (SSSR count). The second-order valence-electron chi connectivity index (χ2n) is 3.81. The van der Waals surface area contributed by atoms with E-state index in [1.165, 1.54) is 0 Å². The summed E-state index contributed by atoms with van der Waals surface area (Å²) >= 11 is 0. The van der Waals surface area contributed by atoms with Crippen molar-refractivity contribution in [2.75, 3.05) is 29.9 Å². The number of benzene rings is 1. The molecule has 0 spiro atoms. The van der Waals surface area contributed by atoms with Crippen molar-refractivity contribution in [2.45, 2.75) is 6.92 Å². The maximum atomic E-state index is 11.8. The van der Waals surface area contributed by atoms with Crippen molar-refractivity contribution in [1.82, 2.24) is 0 Å². The lowest BCUT2D eigenvalue weighted by Crippen LogP contribution is -2.44. The Balaban J connectivity index is 2.57. The van der Waals surface area contributed by atoms with Gasteiger partial charge >= 0.3 is 0 Å². The molecule has 0 unspecified atom stereocenters. The van der Waals surface area contributed by atoms with Gasteiger partial charge in [-0.15, -0.1) is 0 Å². The van der Waals surface area contributed by atoms with Gasteiger partial charge in [-0.2, -0.15) is 5.26 Å². The zero-order chi connectivity index (χ0) is 11.7. The Labute approximate surface area is 94.7 Å². The second-order valence-corrected chi connectivity index (χ2v) is 3.81. The van der Waals surface area contributed by atoms with Crippen LogP contribution in [0.5, 0.6) is 0 Å². The number of hydrogen-bond donors (Lipinski definition) is 0. The Morgan fingerprint density at radius 1 is 1.44 bits per heavy atom. The van der Waals surface area contributed by atoms with Crippen LogP contribution in [0, 0.1) is 11.3 Å². The Bertz CT molecular complexity index is 476. The minimum Gasteiger partial charge on any atom is -0.364 e. The van der Waals surface area contributed by atoms with Crippen LogP contribution in [0.3, 0.4) is 0 Å². The van der Waals surface area contributed by atoms with Crippen LogP contribution in [0.1, 0.15) is 12.5 Å². The Kier molecular flexibility index (Phi) is 2.53. The summed E-state index contributed by atoms with van der Waals surface area (Å²) in [7, 11) is 1.88. The van der Waals surface area contributed by atoms with E-state index in [1.54, 1.807) is 17.0 Å². The van der Waals surface area contributed by atoms with Crippen molar-refractivity contribution in [3.05, 3.63) is 23.8 Å². The first-order valence-corrected chi connectivity index (χ1v) is 5.23. The van der Waals surface area contributed by atoms with E-state index in [1.807, 2.05) is 24.9 Å². The molecule has 1 amide bonds. The summed E-state index contributed by atoms with van der Waals surface area (Å²) in [6, 6.07) is 7.53. The quantitative estimate of drug-likeness (QED) is 0.710. The van der Waals surface area contributed by atoms with Crippen LogP contribution in [-0.2, 0) is 4.79 Å². The highest BCUT2D eigenvalue weighted by Gasteiger charge is 2.26. The number of rotatable bonds is 1. The summed E-state index contributed by atoms with van der Waals surface area (Å²) in [6.07, 6.45) is 0. The monoisotopic (exact) mass is 215 g/mol. The molecule has 0 aliphatic carbocycles. The topological polar surface area (TPSA) is 47.3 Å². The van der Waals surface area contributed by atoms with E-state index in [0.717, 1.165) is 11.4 Å². The number of nitriles is 1. The van der Waals surface area contributed by atoms with Gasteiger partial charge in [-0.3, -0.25) is 4.79 Å². The van der Waals surface area contributed by atoms with Crippen LogP contribution in [0.15, 0.2) is 18.2 Å². The van der Waals surface area contributed by atoms with Crippen LogP contribution < -0.4 is 9.80 Å². The normalized spacial score (nSPS) is 14.7. The van der Waals surface area contributed by atoms with E-state index in [4.69, 9.17) is 5.26 Å². The van der Waals surface area contributed by atoms with Crippen molar-refractivity contribution >= 4 is 17.3 Å². The summed E-state index contributed by atoms with van der Waals surface area (Å²) in [4.78, 5) is 15.4. The lowest BCUT2D eigenvalue weighted by Gasteiger charge is -2.34. The summed E-state index contributed by atoms with van der Waals surface area (Å²) < 4.78 is 0. The molecule has 0 atom stereocenters. The third-order valence-corrected chi connectivity index (χ3v) is 2.80. The van der Waals surface area contributed by atoms with Crippen molar-refractivity contribution in [2.24, 2.45) is 0 Å². The maximum absolute atomic E-state index is 11.8. The van der Waals surface area contributed by atoms with Crippen molar-refractivity contribution < 1.29 is 4.79 Å². The molecule has 1 aliphatic heterocycles. The van der Waals surface area contributed by atoms with E-state index in [0.29, 0.717) is 18.7 Å². The van der Waals surface area contributed by atoms with Gasteiger partial charge < -0.3 is 9.80 Å². The molecule has 4 nitrogen and oxygen atoms in total. The average molecular weight is 215 g/mol. The number of likely N-dealkylation sites (N-methyl/N-ethyl adjacent to an activating group) is 2. The van der Waals surface area contributed by atoms with Gasteiger partial charge in [-0.1, -0.05) is 0 Å². The molecule has 0 saturated carbocycles. The standard InChI is InChI=1S/C12H13N3O/c1-3-15-11-6-9(7-13)4-5-10(11)14(2)8-12(15)16/h4-6H,3,8H2,1-2H3. The molecule has 82 valence electrons. The van der Waals surface area contributed by atoms with E-state index < -0.39 is 0 Å². The zero-order valence-electron chi connectivity index (χ0n) is 9.40. The maximum Gasteiger partial charge on any atom is 0.246 e. The molecule has 1 aromatic carbocycles. The van der Waals surface area contributed by atoms with Gasteiger partial charge in [-0.25, -0.2) is 0 Å². The van der Waals surface area contributed by atoms with Gasteiger partial charge in [0.05, 0.1) is 29.6 Å². The highest BCUT2D eigenvalue weighted by molar-refractivity contribution is 6.03. The third-order valence-electron chi connectivity index (χ3n) is 2.80. The number of anilines is 2. The molecule has 1 aromatic rings. The number of carbonyl (C=O) groups excluding carboxylic acids is 1. The summed E-state index contributed by atoms with van der Waals surface area (Å²) in [5.41, 5.74) is 2.42. The number of carbonyl (C=O) groups is 1. The van der Waals surface area contributed by atoms with Crippen molar-refractivity contribution in [3.8, 4) is 6.07 Å². The molecular formula is C12H13N3O. The van der Waals surface area contributed by atoms with Gasteiger partial charge in [0, 0.05) is 13.6 Å². The molecule has 0 saturated heterocycles. The van der Waals surface area contributed by atoms with E-state index >= 15 is 0 Å². The average Bonchev–Trinajstić information content (AvgIpc) is 2.28. The summed E-state index contributed by atoms with van der Waals surface area (Å²) in [5, 5.41) is 8.86. The molecule has 1 aliphatic rings. The van der Waals surface area contributed by atoms with Crippen molar-refractivity contribution in [3.63, 3.8) is 0 Å². The molecule has 16 heavy (non-hydrogen) atoms. The van der Waals surface area contributed by atoms with Crippen LogP contribution in [0.2, 0.25) is 0 Å². The molecular weight excluding hydrogens is 202 g/mol. The largest absolute Gasteiger partial charge is 0.364 e. The third kappa shape index (κ3) is 1.50. The smallest absolute Gasteiger partial charge is 0.246 e. The molecule has 4 heteroatoms. The summed E-state index contributed by atoms with van der Waals surface area (Å²) in [5.74, 6) is 0.0765. The van der Waals surface area contributed by atoms with E-state index in [9.17, 15) is 4.79 Å². The number of amides is 1. The van der Waals surface area contributed by atoms with E-state index in [2.05, 4.69) is 6.07 Å². The molecule has 0 fully saturated rings. The minimum absolute atomic E-state index is 0.0765. The fraction of sp³-hybridized carbons (Fsp3) is 0.333. The highest BCUT2D eigenvalue weighted by atomic mass is 16.2. The van der Waals surface area contributed by atoms with Crippen LogP contribution >= 0.6 is 0 Å². The minimum atomic E-state index is 0.0765. The van der Waals surface area contributed by atoms with Gasteiger partial charge in [0.15, 0.2) is 0 Å². The Morgan fingerprint density at radius 2 is 2.19 bits per heavy atom.